The zero-order valence-electron chi connectivity index (χ0n) is 11.7. The number of benzene rings is 1. The Labute approximate surface area is 113 Å². The lowest BCUT2D eigenvalue weighted by molar-refractivity contribution is 0.0508. The third-order valence-corrected chi connectivity index (χ3v) is 2.56. The van der Waals surface area contributed by atoms with Crippen LogP contribution in [0.15, 0.2) is 18.2 Å². The Hall–Kier alpha value is -1.75. The van der Waals surface area contributed by atoms with Crippen LogP contribution in [0.2, 0.25) is 0 Å². The Morgan fingerprint density at radius 3 is 2.53 bits per heavy atom. The van der Waals surface area contributed by atoms with Crippen molar-refractivity contribution in [1.29, 1.82) is 0 Å². The minimum atomic E-state index is -0.362. The highest BCUT2D eigenvalue weighted by atomic mass is 16.5. The first-order chi connectivity index (χ1) is 9.22. The molecule has 0 bridgehead atoms. The number of nitrogens with one attached hydrogen (secondary N) is 1. The van der Waals surface area contributed by atoms with Crippen molar-refractivity contribution in [2.45, 2.75) is 13.3 Å². The van der Waals surface area contributed by atoms with E-state index in [9.17, 15) is 4.79 Å². The summed E-state index contributed by atoms with van der Waals surface area (Å²) in [7, 11) is 3.08. The van der Waals surface area contributed by atoms with E-state index in [4.69, 9.17) is 14.2 Å². The van der Waals surface area contributed by atoms with Crippen molar-refractivity contribution in [3.8, 4) is 11.5 Å². The molecule has 106 valence electrons. The van der Waals surface area contributed by atoms with Crippen LogP contribution in [-0.2, 0) is 4.74 Å². The summed E-state index contributed by atoms with van der Waals surface area (Å²) >= 11 is 0. The molecule has 0 atom stereocenters. The summed E-state index contributed by atoms with van der Waals surface area (Å²) in [5.41, 5.74) is 0.452. The van der Waals surface area contributed by atoms with E-state index in [-0.39, 0.29) is 5.97 Å². The van der Waals surface area contributed by atoms with Crippen LogP contribution < -0.4 is 14.8 Å². The van der Waals surface area contributed by atoms with Gasteiger partial charge >= 0.3 is 5.97 Å². The average Bonchev–Trinajstić information content (AvgIpc) is 2.46. The van der Waals surface area contributed by atoms with Crippen LogP contribution in [0.25, 0.3) is 0 Å². The van der Waals surface area contributed by atoms with Crippen LogP contribution in [0, 0.1) is 0 Å². The van der Waals surface area contributed by atoms with Gasteiger partial charge in [0.25, 0.3) is 0 Å². The van der Waals surface area contributed by atoms with Crippen LogP contribution in [0.4, 0.5) is 0 Å². The lowest BCUT2D eigenvalue weighted by Crippen LogP contribution is -2.22. The molecule has 1 N–H and O–H groups in total. The molecule has 0 aromatic heterocycles. The summed E-state index contributed by atoms with van der Waals surface area (Å²) in [6.07, 6.45) is 1.06. The Morgan fingerprint density at radius 2 is 1.89 bits per heavy atom. The molecule has 0 spiro atoms. The second-order valence-corrected chi connectivity index (χ2v) is 3.96. The van der Waals surface area contributed by atoms with E-state index >= 15 is 0 Å². The maximum Gasteiger partial charge on any atom is 0.338 e. The summed E-state index contributed by atoms with van der Waals surface area (Å²) in [6.45, 7) is 4.02. The first kappa shape index (κ1) is 15.3. The summed E-state index contributed by atoms with van der Waals surface area (Å²) in [4.78, 5) is 11.8. The first-order valence-corrected chi connectivity index (χ1v) is 6.32. The van der Waals surface area contributed by atoms with Gasteiger partial charge in [-0.3, -0.25) is 0 Å². The third kappa shape index (κ3) is 4.79. The molecule has 0 saturated heterocycles. The lowest BCUT2D eigenvalue weighted by Gasteiger charge is -2.09. The Kier molecular flexibility index (Phi) is 6.74. The van der Waals surface area contributed by atoms with Gasteiger partial charge in [-0.05, 0) is 31.2 Å². The van der Waals surface area contributed by atoms with Crippen molar-refractivity contribution < 1.29 is 19.0 Å². The maximum absolute atomic E-state index is 11.8. The number of carbonyl (C=O) groups is 1. The monoisotopic (exact) mass is 267 g/mol. The highest BCUT2D eigenvalue weighted by Gasteiger charge is 2.11. The molecule has 0 aliphatic rings. The first-order valence-electron chi connectivity index (χ1n) is 6.32. The second-order valence-electron chi connectivity index (χ2n) is 3.96. The van der Waals surface area contributed by atoms with Gasteiger partial charge in [0, 0.05) is 6.54 Å². The molecule has 1 aromatic carbocycles. The highest BCUT2D eigenvalue weighted by molar-refractivity contribution is 5.90. The molecule has 0 aliphatic heterocycles. The molecule has 0 heterocycles. The van der Waals surface area contributed by atoms with Crippen molar-refractivity contribution in [2.24, 2.45) is 0 Å². The van der Waals surface area contributed by atoms with Crippen LogP contribution in [0.5, 0.6) is 11.5 Å². The normalized spacial score (nSPS) is 10.1. The van der Waals surface area contributed by atoms with Crippen molar-refractivity contribution in [3.63, 3.8) is 0 Å². The van der Waals surface area contributed by atoms with Gasteiger partial charge in [0.2, 0.25) is 0 Å². The van der Waals surface area contributed by atoms with Gasteiger partial charge in [-0.1, -0.05) is 6.92 Å². The number of hydrogen-bond acceptors (Lipinski definition) is 5. The van der Waals surface area contributed by atoms with Crippen molar-refractivity contribution in [3.05, 3.63) is 23.8 Å². The van der Waals surface area contributed by atoms with E-state index in [1.807, 2.05) is 0 Å². The Balaban J connectivity index is 2.52. The number of methoxy groups -OCH3 is 2. The minimum Gasteiger partial charge on any atom is -0.493 e. The average molecular weight is 267 g/mol. The van der Waals surface area contributed by atoms with E-state index in [2.05, 4.69) is 12.2 Å². The van der Waals surface area contributed by atoms with Gasteiger partial charge in [0.05, 0.1) is 19.8 Å². The topological polar surface area (TPSA) is 56.8 Å². The second kappa shape index (κ2) is 8.37. The summed E-state index contributed by atoms with van der Waals surface area (Å²) in [5, 5.41) is 3.16. The predicted molar refractivity (Wildman–Crippen MR) is 73.0 cm³/mol. The van der Waals surface area contributed by atoms with Gasteiger partial charge in [0.1, 0.15) is 6.61 Å². The fourth-order valence-corrected chi connectivity index (χ4v) is 1.56. The Bertz CT molecular complexity index is 406. The molecule has 0 fully saturated rings. The Morgan fingerprint density at radius 1 is 1.16 bits per heavy atom. The summed E-state index contributed by atoms with van der Waals surface area (Å²) in [6, 6.07) is 4.95. The van der Waals surface area contributed by atoms with E-state index in [0.717, 1.165) is 13.0 Å². The molecular weight excluding hydrogens is 246 g/mol. The molecule has 0 unspecified atom stereocenters. The molecule has 5 nitrogen and oxygen atoms in total. The number of ether oxygens (including phenoxy) is 3. The summed E-state index contributed by atoms with van der Waals surface area (Å²) < 4.78 is 15.4. The van der Waals surface area contributed by atoms with Gasteiger partial charge < -0.3 is 19.5 Å². The SMILES string of the molecule is CCCNCCOC(=O)c1ccc(OC)c(OC)c1. The molecule has 1 rings (SSSR count). The summed E-state index contributed by atoms with van der Waals surface area (Å²) in [5.74, 6) is 0.740. The number of carbonyl (C=O) groups excluding carboxylic acids is 1. The van der Waals surface area contributed by atoms with Crippen molar-refractivity contribution >= 4 is 5.97 Å². The molecule has 0 aliphatic carbocycles. The predicted octanol–water partition coefficient (Wildman–Crippen LogP) is 1.86. The molecule has 0 radical (unpaired) electrons. The van der Waals surface area contributed by atoms with Crippen LogP contribution in [-0.4, -0.2) is 39.9 Å². The van der Waals surface area contributed by atoms with Gasteiger partial charge in [-0.15, -0.1) is 0 Å². The smallest absolute Gasteiger partial charge is 0.338 e. The van der Waals surface area contributed by atoms with Crippen LogP contribution in [0.1, 0.15) is 23.7 Å². The third-order valence-electron chi connectivity index (χ3n) is 2.56. The van der Waals surface area contributed by atoms with Crippen molar-refractivity contribution in [2.75, 3.05) is 33.9 Å². The quantitative estimate of drug-likeness (QED) is 0.575. The van der Waals surface area contributed by atoms with Gasteiger partial charge in [0.15, 0.2) is 11.5 Å². The number of rotatable bonds is 8. The largest absolute Gasteiger partial charge is 0.493 e. The highest BCUT2D eigenvalue weighted by Crippen LogP contribution is 2.27. The number of hydrogen-bond donors (Lipinski definition) is 1. The van der Waals surface area contributed by atoms with E-state index < -0.39 is 0 Å². The number of esters is 1. The fourth-order valence-electron chi connectivity index (χ4n) is 1.56. The van der Waals surface area contributed by atoms with E-state index in [1.54, 1.807) is 25.3 Å². The lowest BCUT2D eigenvalue weighted by atomic mass is 10.2. The van der Waals surface area contributed by atoms with Crippen molar-refractivity contribution in [1.82, 2.24) is 5.32 Å². The van der Waals surface area contributed by atoms with E-state index in [1.165, 1.54) is 7.11 Å². The maximum atomic E-state index is 11.8. The van der Waals surface area contributed by atoms with E-state index in [0.29, 0.717) is 30.2 Å². The molecule has 19 heavy (non-hydrogen) atoms. The van der Waals surface area contributed by atoms with Gasteiger partial charge in [-0.25, -0.2) is 4.79 Å². The zero-order valence-corrected chi connectivity index (χ0v) is 11.7. The standard InChI is InChI=1S/C14H21NO4/c1-4-7-15-8-9-19-14(16)11-5-6-12(17-2)13(10-11)18-3/h5-6,10,15H,4,7-9H2,1-3H3. The molecule has 5 heteroatoms. The molecule has 0 amide bonds. The molecular formula is C14H21NO4. The van der Waals surface area contributed by atoms with Gasteiger partial charge in [-0.2, -0.15) is 0 Å². The van der Waals surface area contributed by atoms with Crippen LogP contribution >= 0.6 is 0 Å². The molecule has 1 aromatic rings. The molecule has 0 saturated carbocycles. The fraction of sp³-hybridized carbons (Fsp3) is 0.500. The van der Waals surface area contributed by atoms with Crippen LogP contribution in [0.3, 0.4) is 0 Å². The minimum absolute atomic E-state index is 0.354. The zero-order chi connectivity index (χ0) is 14.1.